The molecule has 0 saturated heterocycles. The van der Waals surface area contributed by atoms with Gasteiger partial charge >= 0.3 is 6.02 Å². The molecule has 2 N–H and O–H groups in total. The van der Waals surface area contributed by atoms with Gasteiger partial charge in [0, 0.05) is 11.6 Å². The number of benzene rings is 2. The zero-order valence-electron chi connectivity index (χ0n) is 15.7. The van der Waals surface area contributed by atoms with Gasteiger partial charge < -0.3 is 15.2 Å². The zero-order chi connectivity index (χ0) is 20.4. The van der Waals surface area contributed by atoms with Gasteiger partial charge in [-0.25, -0.2) is 8.42 Å². The number of amidine groups is 1. The van der Waals surface area contributed by atoms with Crippen LogP contribution in [0, 0.1) is 0 Å². The van der Waals surface area contributed by atoms with E-state index in [9.17, 15) is 13.5 Å². The highest BCUT2D eigenvalue weighted by molar-refractivity contribution is 7.90. The normalized spacial score (nSPS) is 21.3. The number of aliphatic hydroxyl groups excluding tert-OH is 1. The monoisotopic (exact) mass is 422 g/mol. The summed E-state index contributed by atoms with van der Waals surface area (Å²) in [6, 6.07) is 15.7. The van der Waals surface area contributed by atoms with Crippen molar-refractivity contribution in [2.75, 3.05) is 6.61 Å². The lowest BCUT2D eigenvalue weighted by atomic mass is 9.97. The predicted molar refractivity (Wildman–Crippen MR) is 110 cm³/mol. The largest absolute Gasteiger partial charge is 0.457 e. The van der Waals surface area contributed by atoms with Crippen LogP contribution in [-0.4, -0.2) is 31.8 Å². The molecular weight excluding hydrogens is 400 g/mol. The van der Waals surface area contributed by atoms with Crippen molar-refractivity contribution in [2.45, 2.75) is 37.2 Å². The highest BCUT2D eigenvalue weighted by Gasteiger charge is 2.47. The van der Waals surface area contributed by atoms with Crippen LogP contribution in [-0.2, 0) is 14.8 Å². The second-order valence-corrected chi connectivity index (χ2v) is 9.29. The summed E-state index contributed by atoms with van der Waals surface area (Å²) in [4.78, 5) is 0. The molecule has 0 aromatic heterocycles. The van der Waals surface area contributed by atoms with Crippen LogP contribution in [0.4, 0.5) is 0 Å². The summed E-state index contributed by atoms with van der Waals surface area (Å²) in [5.41, 5.74) is 0.346. The molecule has 2 atom stereocenters. The number of halogens is 1. The molecule has 0 saturated carbocycles. The maximum absolute atomic E-state index is 13.0. The third kappa shape index (κ3) is 4.48. The van der Waals surface area contributed by atoms with E-state index in [2.05, 4.69) is 9.71 Å². The fourth-order valence-corrected chi connectivity index (χ4v) is 5.31. The summed E-state index contributed by atoms with van der Waals surface area (Å²) in [6.07, 6.45) is 0.380. The smallest absolute Gasteiger partial charge is 0.301 e. The number of rotatable bonds is 5. The Bertz CT molecular complexity index is 961. The first-order chi connectivity index (χ1) is 13.2. The topological polar surface area (TPSA) is 88.0 Å². The Kier molecular flexibility index (Phi) is 5.98. The molecule has 0 spiro atoms. The molecule has 3 rings (SSSR count). The molecule has 1 aliphatic heterocycles. The number of nitrogens with zero attached hydrogens (tertiary/aromatic N) is 1. The molecule has 6 nitrogen and oxygen atoms in total. The van der Waals surface area contributed by atoms with Gasteiger partial charge in [-0.15, -0.1) is 4.40 Å². The van der Waals surface area contributed by atoms with Gasteiger partial charge in [0.1, 0.15) is 10.9 Å². The van der Waals surface area contributed by atoms with Crippen LogP contribution in [0.2, 0.25) is 5.02 Å². The highest BCUT2D eigenvalue weighted by Crippen LogP contribution is 2.41. The van der Waals surface area contributed by atoms with E-state index in [0.717, 1.165) is 5.56 Å². The maximum atomic E-state index is 13.0. The first kappa shape index (κ1) is 20.6. The SMILES string of the molecule is CC1(C)OC(N[C@@H](CCO)c2ccccc2)=NS(=O)(=O)C1c1cccc(Cl)c1. The molecule has 150 valence electrons. The van der Waals surface area contributed by atoms with Gasteiger partial charge in [-0.1, -0.05) is 54.1 Å². The molecule has 0 amide bonds. The van der Waals surface area contributed by atoms with Crippen LogP contribution in [0.25, 0.3) is 0 Å². The van der Waals surface area contributed by atoms with Gasteiger partial charge in [-0.2, -0.15) is 0 Å². The molecule has 8 heteroatoms. The predicted octanol–water partition coefficient (Wildman–Crippen LogP) is 3.59. The Morgan fingerprint density at radius 3 is 2.54 bits per heavy atom. The average molecular weight is 423 g/mol. The molecule has 1 heterocycles. The fraction of sp³-hybridized carbons (Fsp3) is 0.350. The Labute approximate surface area is 170 Å². The highest BCUT2D eigenvalue weighted by atomic mass is 35.5. The summed E-state index contributed by atoms with van der Waals surface area (Å²) in [7, 11) is -3.91. The molecule has 0 radical (unpaired) electrons. The van der Waals surface area contributed by atoms with Crippen LogP contribution in [0.3, 0.4) is 0 Å². The molecule has 1 unspecified atom stereocenters. The fourth-order valence-electron chi connectivity index (χ4n) is 3.43. The number of nitrogens with one attached hydrogen (secondary N) is 1. The van der Waals surface area contributed by atoms with E-state index >= 15 is 0 Å². The molecule has 0 aliphatic carbocycles. The molecular formula is C20H23ClN2O4S. The van der Waals surface area contributed by atoms with E-state index in [0.29, 0.717) is 17.0 Å². The Morgan fingerprint density at radius 2 is 1.93 bits per heavy atom. The van der Waals surface area contributed by atoms with Crippen LogP contribution < -0.4 is 5.32 Å². The zero-order valence-corrected chi connectivity index (χ0v) is 17.2. The van der Waals surface area contributed by atoms with Crippen molar-refractivity contribution < 1.29 is 18.3 Å². The van der Waals surface area contributed by atoms with Crippen molar-refractivity contribution in [3.05, 3.63) is 70.7 Å². The van der Waals surface area contributed by atoms with Crippen LogP contribution in [0.5, 0.6) is 0 Å². The Morgan fingerprint density at radius 1 is 1.21 bits per heavy atom. The number of ether oxygens (including phenoxy) is 1. The van der Waals surface area contributed by atoms with Gasteiger partial charge in [-0.05, 0) is 43.5 Å². The first-order valence-corrected chi connectivity index (χ1v) is 10.8. The van der Waals surface area contributed by atoms with Crippen molar-refractivity contribution in [2.24, 2.45) is 4.40 Å². The number of hydrogen-bond acceptors (Lipinski definition) is 5. The van der Waals surface area contributed by atoms with Crippen molar-refractivity contribution in [3.63, 3.8) is 0 Å². The van der Waals surface area contributed by atoms with Crippen LogP contribution in [0.1, 0.15) is 42.7 Å². The summed E-state index contributed by atoms with van der Waals surface area (Å²) in [5, 5.41) is 11.9. The summed E-state index contributed by atoms with van der Waals surface area (Å²) in [6.45, 7) is 3.34. The summed E-state index contributed by atoms with van der Waals surface area (Å²) < 4.78 is 35.8. The van der Waals surface area contributed by atoms with Crippen molar-refractivity contribution in [1.82, 2.24) is 5.32 Å². The third-order valence-corrected chi connectivity index (χ3v) is 6.66. The average Bonchev–Trinajstić information content (AvgIpc) is 2.60. The van der Waals surface area contributed by atoms with Crippen LogP contribution in [0.15, 0.2) is 59.0 Å². The third-order valence-electron chi connectivity index (χ3n) is 4.57. The molecule has 1 aliphatic rings. The van der Waals surface area contributed by atoms with Gasteiger partial charge in [0.05, 0.1) is 6.04 Å². The molecule has 28 heavy (non-hydrogen) atoms. The number of hydrogen-bond donors (Lipinski definition) is 2. The van der Waals surface area contributed by atoms with Crippen molar-refractivity contribution in [3.8, 4) is 0 Å². The first-order valence-electron chi connectivity index (χ1n) is 8.93. The standard InChI is InChI=1S/C20H23ClN2O4S/c1-20(2)18(15-9-6-10-16(21)13-15)28(25,26)23-19(27-20)22-17(11-12-24)14-7-4-3-5-8-14/h3-10,13,17-18,24H,11-12H2,1-2H3,(H,22,23)/t17-,18?/m0/s1. The molecule has 2 aromatic carbocycles. The maximum Gasteiger partial charge on any atom is 0.301 e. The second-order valence-electron chi connectivity index (χ2n) is 7.17. The second kappa shape index (κ2) is 8.11. The lowest BCUT2D eigenvalue weighted by molar-refractivity contribution is 0.0760. The summed E-state index contributed by atoms with van der Waals surface area (Å²) in [5.74, 6) is 0. The molecule has 0 bridgehead atoms. The molecule has 0 fully saturated rings. The van der Waals surface area contributed by atoms with E-state index in [1.165, 1.54) is 0 Å². The van der Waals surface area contributed by atoms with E-state index in [1.807, 2.05) is 30.3 Å². The van der Waals surface area contributed by atoms with Gasteiger partial charge in [0.25, 0.3) is 10.0 Å². The quantitative estimate of drug-likeness (QED) is 0.768. The van der Waals surface area contributed by atoms with Crippen molar-refractivity contribution in [1.29, 1.82) is 0 Å². The minimum atomic E-state index is -3.91. The summed E-state index contributed by atoms with van der Waals surface area (Å²) >= 11 is 6.04. The van der Waals surface area contributed by atoms with Gasteiger partial charge in [0.15, 0.2) is 0 Å². The lowest BCUT2D eigenvalue weighted by Crippen LogP contribution is -2.47. The Balaban J connectivity index is 1.94. The van der Waals surface area contributed by atoms with Crippen molar-refractivity contribution >= 4 is 27.6 Å². The number of sulfonamides is 1. The Hall–Kier alpha value is -2.09. The minimum absolute atomic E-state index is 0.0683. The van der Waals surface area contributed by atoms with E-state index < -0.39 is 20.9 Å². The van der Waals surface area contributed by atoms with E-state index in [-0.39, 0.29) is 18.7 Å². The molecule has 2 aromatic rings. The van der Waals surface area contributed by atoms with E-state index in [4.69, 9.17) is 16.3 Å². The van der Waals surface area contributed by atoms with Gasteiger partial charge in [-0.3, -0.25) is 0 Å². The van der Waals surface area contributed by atoms with E-state index in [1.54, 1.807) is 38.1 Å². The van der Waals surface area contributed by atoms with Crippen LogP contribution >= 0.6 is 11.6 Å². The minimum Gasteiger partial charge on any atom is -0.457 e. The number of aliphatic hydroxyl groups is 1. The van der Waals surface area contributed by atoms with Gasteiger partial charge in [0.2, 0.25) is 0 Å². The lowest BCUT2D eigenvalue weighted by Gasteiger charge is -2.38.